The number of aryl methyl sites for hydroxylation is 1. The van der Waals surface area contributed by atoms with Crippen LogP contribution < -0.4 is 5.32 Å². The summed E-state index contributed by atoms with van der Waals surface area (Å²) in [5.74, 6) is 0. The molecule has 0 amide bonds. The van der Waals surface area contributed by atoms with Crippen LogP contribution in [0.4, 0.5) is 0 Å². The third kappa shape index (κ3) is 2.62. The van der Waals surface area contributed by atoms with Crippen molar-refractivity contribution in [3.05, 3.63) is 59.4 Å². The second kappa shape index (κ2) is 5.54. The molecule has 3 rings (SSSR count). The van der Waals surface area contributed by atoms with Crippen LogP contribution in [0.2, 0.25) is 0 Å². The number of hydrogen-bond acceptors (Lipinski definition) is 3. The fourth-order valence-corrected chi connectivity index (χ4v) is 2.61. The SMILES string of the molecule is CNC(C)(C)c1cn(Cc2c(C)ccc3ccccc23)nn1. The van der Waals surface area contributed by atoms with E-state index < -0.39 is 0 Å². The molecule has 0 atom stereocenters. The van der Waals surface area contributed by atoms with Gasteiger partial charge in [-0.1, -0.05) is 41.6 Å². The number of fused-ring (bicyclic) bond motifs is 1. The Morgan fingerprint density at radius 3 is 2.68 bits per heavy atom. The van der Waals surface area contributed by atoms with Crippen LogP contribution in [0.1, 0.15) is 30.7 Å². The van der Waals surface area contributed by atoms with E-state index in [0.717, 1.165) is 12.2 Å². The zero-order chi connectivity index (χ0) is 15.7. The number of rotatable bonds is 4. The summed E-state index contributed by atoms with van der Waals surface area (Å²) < 4.78 is 1.92. The van der Waals surface area contributed by atoms with Gasteiger partial charge >= 0.3 is 0 Å². The highest BCUT2D eigenvalue weighted by Gasteiger charge is 2.21. The maximum atomic E-state index is 4.32. The van der Waals surface area contributed by atoms with Crippen molar-refractivity contribution in [3.8, 4) is 0 Å². The molecule has 0 unspecified atom stereocenters. The fourth-order valence-electron chi connectivity index (χ4n) is 2.61. The Labute approximate surface area is 131 Å². The van der Waals surface area contributed by atoms with Gasteiger partial charge in [0, 0.05) is 0 Å². The van der Waals surface area contributed by atoms with Crippen molar-refractivity contribution in [2.45, 2.75) is 32.9 Å². The maximum Gasteiger partial charge on any atom is 0.102 e. The lowest BCUT2D eigenvalue weighted by Crippen LogP contribution is -2.33. The minimum Gasteiger partial charge on any atom is -0.310 e. The van der Waals surface area contributed by atoms with Crippen LogP contribution in [0.5, 0.6) is 0 Å². The van der Waals surface area contributed by atoms with Gasteiger partial charge < -0.3 is 5.32 Å². The van der Waals surface area contributed by atoms with E-state index in [-0.39, 0.29) is 5.54 Å². The van der Waals surface area contributed by atoms with Gasteiger partial charge in [-0.2, -0.15) is 0 Å². The molecule has 3 aromatic rings. The molecule has 0 fully saturated rings. The summed E-state index contributed by atoms with van der Waals surface area (Å²) in [6.07, 6.45) is 2.03. The molecule has 0 bridgehead atoms. The van der Waals surface area contributed by atoms with Gasteiger partial charge in [0.2, 0.25) is 0 Å². The smallest absolute Gasteiger partial charge is 0.102 e. The van der Waals surface area contributed by atoms with E-state index in [1.807, 2.05) is 17.9 Å². The molecule has 0 saturated heterocycles. The number of nitrogens with zero attached hydrogens (tertiary/aromatic N) is 3. The topological polar surface area (TPSA) is 42.7 Å². The number of nitrogens with one attached hydrogen (secondary N) is 1. The molecule has 114 valence electrons. The van der Waals surface area contributed by atoms with E-state index in [0.29, 0.717) is 0 Å². The number of benzene rings is 2. The minimum absolute atomic E-state index is 0.175. The monoisotopic (exact) mass is 294 g/mol. The molecule has 1 heterocycles. The summed E-state index contributed by atoms with van der Waals surface area (Å²) >= 11 is 0. The van der Waals surface area contributed by atoms with Gasteiger partial charge in [-0.15, -0.1) is 5.10 Å². The van der Waals surface area contributed by atoms with Crippen molar-refractivity contribution < 1.29 is 0 Å². The highest BCUT2D eigenvalue weighted by Crippen LogP contribution is 2.23. The average Bonchev–Trinajstić information content (AvgIpc) is 3.00. The predicted octanol–water partition coefficient (Wildman–Crippen LogP) is 3.24. The Hall–Kier alpha value is -2.20. The average molecular weight is 294 g/mol. The Balaban J connectivity index is 1.99. The van der Waals surface area contributed by atoms with E-state index in [1.54, 1.807) is 0 Å². The molecule has 0 aliphatic rings. The van der Waals surface area contributed by atoms with Crippen molar-refractivity contribution >= 4 is 10.8 Å². The molecule has 0 spiro atoms. The zero-order valence-electron chi connectivity index (χ0n) is 13.6. The molecule has 0 aliphatic heterocycles. The normalized spacial score (nSPS) is 12.0. The van der Waals surface area contributed by atoms with Gasteiger partial charge in [-0.3, -0.25) is 0 Å². The summed E-state index contributed by atoms with van der Waals surface area (Å²) in [7, 11) is 1.94. The Kier molecular flexibility index (Phi) is 3.71. The molecule has 2 aromatic carbocycles. The van der Waals surface area contributed by atoms with Gasteiger partial charge in [0.1, 0.15) is 5.69 Å². The van der Waals surface area contributed by atoms with Crippen LogP contribution in [-0.4, -0.2) is 22.0 Å². The van der Waals surface area contributed by atoms with Crippen molar-refractivity contribution in [2.75, 3.05) is 7.05 Å². The lowest BCUT2D eigenvalue weighted by atomic mass is 9.99. The zero-order valence-corrected chi connectivity index (χ0v) is 13.6. The molecule has 1 N–H and O–H groups in total. The Morgan fingerprint density at radius 2 is 1.91 bits per heavy atom. The van der Waals surface area contributed by atoms with E-state index in [4.69, 9.17) is 0 Å². The standard InChI is InChI=1S/C18H22N4/c1-13-9-10-14-7-5-6-8-15(14)16(13)11-22-12-17(20-21-22)18(2,3)19-4/h5-10,12,19H,11H2,1-4H3. The molecular formula is C18H22N4. The van der Waals surface area contributed by atoms with E-state index in [9.17, 15) is 0 Å². The first-order valence-electron chi connectivity index (χ1n) is 7.58. The van der Waals surface area contributed by atoms with Crippen LogP contribution in [0.15, 0.2) is 42.6 Å². The van der Waals surface area contributed by atoms with E-state index >= 15 is 0 Å². The van der Waals surface area contributed by atoms with Crippen molar-refractivity contribution in [1.29, 1.82) is 0 Å². The Morgan fingerprint density at radius 1 is 1.14 bits per heavy atom. The molecular weight excluding hydrogens is 272 g/mol. The first kappa shape index (κ1) is 14.7. The van der Waals surface area contributed by atoms with Crippen molar-refractivity contribution in [2.24, 2.45) is 0 Å². The van der Waals surface area contributed by atoms with Crippen LogP contribution in [-0.2, 0) is 12.1 Å². The molecule has 4 nitrogen and oxygen atoms in total. The number of hydrogen-bond donors (Lipinski definition) is 1. The van der Waals surface area contributed by atoms with Crippen LogP contribution >= 0.6 is 0 Å². The highest BCUT2D eigenvalue weighted by molar-refractivity contribution is 5.86. The van der Waals surface area contributed by atoms with E-state index in [1.165, 1.54) is 21.9 Å². The predicted molar refractivity (Wildman–Crippen MR) is 89.9 cm³/mol. The third-order valence-electron chi connectivity index (χ3n) is 4.40. The van der Waals surface area contributed by atoms with Gasteiger partial charge in [0.25, 0.3) is 0 Å². The summed E-state index contributed by atoms with van der Waals surface area (Å²) in [5, 5.41) is 14.4. The molecule has 0 saturated carbocycles. The van der Waals surface area contributed by atoms with Crippen LogP contribution in [0, 0.1) is 6.92 Å². The summed E-state index contributed by atoms with van der Waals surface area (Å²) in [4.78, 5) is 0. The fraction of sp³-hybridized carbons (Fsp3) is 0.333. The molecule has 1 aromatic heterocycles. The summed E-state index contributed by atoms with van der Waals surface area (Å²) in [6, 6.07) is 12.8. The molecule has 0 aliphatic carbocycles. The quantitative estimate of drug-likeness (QED) is 0.803. The van der Waals surface area contributed by atoms with Gasteiger partial charge in [0.15, 0.2) is 0 Å². The van der Waals surface area contributed by atoms with Crippen molar-refractivity contribution in [3.63, 3.8) is 0 Å². The summed E-state index contributed by atoms with van der Waals surface area (Å²) in [5.41, 5.74) is 3.36. The number of aromatic nitrogens is 3. The van der Waals surface area contributed by atoms with Crippen molar-refractivity contribution in [1.82, 2.24) is 20.3 Å². The first-order valence-corrected chi connectivity index (χ1v) is 7.58. The van der Waals surface area contributed by atoms with Gasteiger partial charge in [0.05, 0.1) is 18.3 Å². The van der Waals surface area contributed by atoms with E-state index in [2.05, 4.69) is 72.8 Å². The largest absolute Gasteiger partial charge is 0.310 e. The Bertz CT molecular complexity index is 802. The maximum absolute atomic E-state index is 4.32. The second-order valence-electron chi connectivity index (χ2n) is 6.26. The lowest BCUT2D eigenvalue weighted by molar-refractivity contribution is 0.430. The van der Waals surface area contributed by atoms with Gasteiger partial charge in [-0.25, -0.2) is 4.68 Å². The van der Waals surface area contributed by atoms with Crippen LogP contribution in [0.25, 0.3) is 10.8 Å². The first-order chi connectivity index (χ1) is 10.5. The highest BCUT2D eigenvalue weighted by atomic mass is 15.4. The lowest BCUT2D eigenvalue weighted by Gasteiger charge is -2.20. The van der Waals surface area contributed by atoms with Crippen LogP contribution in [0.3, 0.4) is 0 Å². The summed E-state index contributed by atoms with van der Waals surface area (Å²) in [6.45, 7) is 7.09. The van der Waals surface area contributed by atoms with Gasteiger partial charge in [-0.05, 0) is 49.7 Å². The second-order valence-corrected chi connectivity index (χ2v) is 6.26. The third-order valence-corrected chi connectivity index (χ3v) is 4.40. The molecule has 0 radical (unpaired) electrons. The molecule has 4 heteroatoms. The molecule has 22 heavy (non-hydrogen) atoms. The minimum atomic E-state index is -0.175.